The topological polar surface area (TPSA) is 0 Å². The van der Waals surface area contributed by atoms with Crippen molar-refractivity contribution in [3.8, 4) is 0 Å². The van der Waals surface area contributed by atoms with Crippen LogP contribution in [0.3, 0.4) is 0 Å². The predicted octanol–water partition coefficient (Wildman–Crippen LogP) is 6.88. The molecule has 0 nitrogen and oxygen atoms in total. The normalized spacial score (nSPS) is 36.0. The number of rotatable bonds is 5. The lowest BCUT2D eigenvalue weighted by Gasteiger charge is -2.65. The quantitative estimate of drug-likeness (QED) is 0.519. The van der Waals surface area contributed by atoms with Crippen LogP contribution in [0.4, 0.5) is 0 Å². The third-order valence-corrected chi connectivity index (χ3v) is 9.22. The lowest BCUT2D eigenvalue weighted by Crippen LogP contribution is -2.57. The van der Waals surface area contributed by atoms with E-state index in [0.717, 1.165) is 28.1 Å². The third kappa shape index (κ3) is 1.88. The van der Waals surface area contributed by atoms with Gasteiger partial charge in [-0.2, -0.15) is 0 Å². The summed E-state index contributed by atoms with van der Waals surface area (Å²) >= 11 is 0. The van der Waals surface area contributed by atoms with Crippen LogP contribution in [-0.4, -0.2) is 0 Å². The fourth-order valence-electron chi connectivity index (χ4n) is 7.99. The van der Waals surface area contributed by atoms with Gasteiger partial charge >= 0.3 is 0 Å². The molecule has 0 heteroatoms. The van der Waals surface area contributed by atoms with Crippen LogP contribution in [0.2, 0.25) is 0 Å². The molecule has 0 aliphatic heterocycles. The van der Waals surface area contributed by atoms with Crippen LogP contribution in [0.15, 0.2) is 0 Å². The molecule has 5 aliphatic rings. The zero-order chi connectivity index (χ0) is 14.7. The largest absolute Gasteiger partial charge is 0.0533 e. The molecular formula is C22H36. The predicted molar refractivity (Wildman–Crippen MR) is 92.8 cm³/mol. The highest BCUT2D eigenvalue weighted by molar-refractivity contribution is 5.17. The van der Waals surface area contributed by atoms with Gasteiger partial charge < -0.3 is 0 Å². The van der Waals surface area contributed by atoms with Gasteiger partial charge in [-0.15, -0.1) is 0 Å². The highest BCUT2D eigenvalue weighted by atomic mass is 14.7. The van der Waals surface area contributed by atoms with Gasteiger partial charge in [-0.05, 0) is 85.9 Å². The van der Waals surface area contributed by atoms with E-state index in [9.17, 15) is 0 Å². The third-order valence-electron chi connectivity index (χ3n) is 9.22. The Kier molecular flexibility index (Phi) is 3.26. The van der Waals surface area contributed by atoms with Gasteiger partial charge in [-0.1, -0.05) is 51.4 Å². The Morgan fingerprint density at radius 3 is 1.73 bits per heavy atom. The Balaban J connectivity index is 1.56. The van der Waals surface area contributed by atoms with Crippen molar-refractivity contribution in [2.45, 2.75) is 109 Å². The molecule has 0 amide bonds. The van der Waals surface area contributed by atoms with E-state index in [1.807, 2.05) is 0 Å². The molecule has 0 saturated heterocycles. The molecule has 0 aromatic heterocycles. The van der Waals surface area contributed by atoms with Crippen LogP contribution in [0.25, 0.3) is 0 Å². The Morgan fingerprint density at radius 2 is 1.23 bits per heavy atom. The summed E-state index contributed by atoms with van der Waals surface area (Å²) in [4.78, 5) is 0. The van der Waals surface area contributed by atoms with Crippen molar-refractivity contribution in [2.24, 2.45) is 28.1 Å². The highest BCUT2D eigenvalue weighted by Gasteiger charge is 2.68. The fourth-order valence-corrected chi connectivity index (χ4v) is 7.99. The fraction of sp³-hybridized carbons (Fsp3) is 1.00. The van der Waals surface area contributed by atoms with E-state index in [1.54, 1.807) is 109 Å². The average molecular weight is 301 g/mol. The maximum atomic E-state index is 1.65. The minimum absolute atomic E-state index is 0.798. The number of hydrogen-bond donors (Lipinski definition) is 0. The standard InChI is InChI=1S/C22H36/c1-2-11-20(12-3-1,17-18-7-8-18)22(15-4-5-16-22)21(13-6-14-21)19-9-10-19/h18-19H,1-17H2. The molecule has 0 spiro atoms. The Hall–Kier alpha value is 0. The lowest BCUT2D eigenvalue weighted by atomic mass is 9.39. The maximum absolute atomic E-state index is 1.65. The molecule has 0 bridgehead atoms. The van der Waals surface area contributed by atoms with Crippen LogP contribution in [0.1, 0.15) is 109 Å². The van der Waals surface area contributed by atoms with Crippen molar-refractivity contribution in [3.05, 3.63) is 0 Å². The van der Waals surface area contributed by atoms with Crippen molar-refractivity contribution in [2.75, 3.05) is 0 Å². The van der Waals surface area contributed by atoms with Gasteiger partial charge in [-0.3, -0.25) is 0 Å². The van der Waals surface area contributed by atoms with Crippen LogP contribution < -0.4 is 0 Å². The van der Waals surface area contributed by atoms with Gasteiger partial charge in [0.25, 0.3) is 0 Å². The van der Waals surface area contributed by atoms with E-state index >= 15 is 0 Å². The molecule has 5 aliphatic carbocycles. The first kappa shape index (κ1) is 14.4. The van der Waals surface area contributed by atoms with Crippen molar-refractivity contribution >= 4 is 0 Å². The molecule has 5 saturated carbocycles. The first-order chi connectivity index (χ1) is 10.8. The smallest absolute Gasteiger partial charge is 0.0182 e. The zero-order valence-electron chi connectivity index (χ0n) is 14.7. The Morgan fingerprint density at radius 1 is 0.591 bits per heavy atom. The SMILES string of the molecule is C1CCC(CC2CC2)(C2(C3(C4CC4)CCC3)CCCC2)CC1. The monoisotopic (exact) mass is 300 g/mol. The molecule has 5 rings (SSSR count). The van der Waals surface area contributed by atoms with E-state index < -0.39 is 0 Å². The first-order valence-corrected chi connectivity index (χ1v) is 10.8. The average Bonchev–Trinajstić information content (AvgIpc) is 3.41. The summed E-state index contributed by atoms with van der Waals surface area (Å²) in [6.45, 7) is 0. The van der Waals surface area contributed by atoms with Crippen LogP contribution in [0, 0.1) is 28.1 Å². The number of hydrogen-bond acceptors (Lipinski definition) is 0. The summed E-state index contributed by atoms with van der Waals surface area (Å²) in [5.41, 5.74) is 2.45. The molecule has 0 heterocycles. The van der Waals surface area contributed by atoms with E-state index in [2.05, 4.69) is 0 Å². The molecule has 0 aromatic rings. The summed E-state index contributed by atoms with van der Waals surface area (Å²) in [7, 11) is 0. The van der Waals surface area contributed by atoms with E-state index in [1.165, 1.54) is 0 Å². The maximum Gasteiger partial charge on any atom is -0.0182 e. The molecule has 124 valence electrons. The molecule has 0 aromatic carbocycles. The van der Waals surface area contributed by atoms with E-state index in [0.29, 0.717) is 0 Å². The van der Waals surface area contributed by atoms with Gasteiger partial charge in [0.2, 0.25) is 0 Å². The van der Waals surface area contributed by atoms with Crippen LogP contribution in [0.5, 0.6) is 0 Å². The summed E-state index contributed by atoms with van der Waals surface area (Å²) in [6, 6.07) is 0. The molecule has 0 atom stereocenters. The van der Waals surface area contributed by atoms with Crippen molar-refractivity contribution in [1.82, 2.24) is 0 Å². The minimum Gasteiger partial charge on any atom is -0.0533 e. The molecule has 0 unspecified atom stereocenters. The van der Waals surface area contributed by atoms with Gasteiger partial charge in [0.05, 0.1) is 0 Å². The molecule has 22 heavy (non-hydrogen) atoms. The van der Waals surface area contributed by atoms with Crippen molar-refractivity contribution < 1.29 is 0 Å². The van der Waals surface area contributed by atoms with Crippen molar-refractivity contribution in [1.29, 1.82) is 0 Å². The van der Waals surface area contributed by atoms with Crippen LogP contribution >= 0.6 is 0 Å². The second-order valence-corrected chi connectivity index (χ2v) is 10.1. The second kappa shape index (κ2) is 5.00. The molecular weight excluding hydrogens is 264 g/mol. The van der Waals surface area contributed by atoms with Crippen molar-refractivity contribution in [3.63, 3.8) is 0 Å². The molecule has 0 N–H and O–H groups in total. The van der Waals surface area contributed by atoms with Gasteiger partial charge in [-0.25, -0.2) is 0 Å². The molecule has 0 radical (unpaired) electrons. The van der Waals surface area contributed by atoms with Gasteiger partial charge in [0.15, 0.2) is 0 Å². The zero-order valence-corrected chi connectivity index (χ0v) is 14.7. The van der Waals surface area contributed by atoms with E-state index in [4.69, 9.17) is 0 Å². The van der Waals surface area contributed by atoms with Gasteiger partial charge in [0, 0.05) is 0 Å². The van der Waals surface area contributed by atoms with Gasteiger partial charge in [0.1, 0.15) is 0 Å². The lowest BCUT2D eigenvalue weighted by molar-refractivity contribution is -0.164. The summed E-state index contributed by atoms with van der Waals surface area (Å²) in [6.07, 6.45) is 27.2. The summed E-state index contributed by atoms with van der Waals surface area (Å²) in [5.74, 6) is 2.31. The Labute approximate surface area is 137 Å². The first-order valence-electron chi connectivity index (χ1n) is 10.8. The minimum atomic E-state index is 0.798. The summed E-state index contributed by atoms with van der Waals surface area (Å²) < 4.78 is 0. The highest BCUT2D eigenvalue weighted by Crippen LogP contribution is 2.77. The summed E-state index contributed by atoms with van der Waals surface area (Å²) in [5, 5.41) is 0. The second-order valence-electron chi connectivity index (χ2n) is 10.1. The van der Waals surface area contributed by atoms with Crippen LogP contribution in [-0.2, 0) is 0 Å². The van der Waals surface area contributed by atoms with E-state index in [-0.39, 0.29) is 0 Å². The Bertz CT molecular complexity index is 409. The molecule has 5 fully saturated rings.